The number of thiophene rings is 1. The Kier molecular flexibility index (Phi) is 7.56. The van der Waals surface area contributed by atoms with E-state index in [-0.39, 0.29) is 17.2 Å². The highest BCUT2D eigenvalue weighted by atomic mass is 32.2. The van der Waals surface area contributed by atoms with Gasteiger partial charge >= 0.3 is 0 Å². The van der Waals surface area contributed by atoms with Crippen LogP contribution in [0.4, 0.5) is 5.69 Å². The number of methoxy groups -OCH3 is 3. The van der Waals surface area contributed by atoms with E-state index in [2.05, 4.69) is 5.32 Å². The molecule has 1 aliphatic carbocycles. The van der Waals surface area contributed by atoms with Crippen molar-refractivity contribution in [3.63, 3.8) is 0 Å². The fourth-order valence-electron chi connectivity index (χ4n) is 3.96. The van der Waals surface area contributed by atoms with Crippen LogP contribution in [-0.2, 0) is 28.9 Å². The first-order valence-electron chi connectivity index (χ1n) is 10.7. The zero-order valence-corrected chi connectivity index (χ0v) is 20.6. The topological polar surface area (TPSA) is 91.7 Å². The molecule has 33 heavy (non-hydrogen) atoms. The highest BCUT2D eigenvalue weighted by Crippen LogP contribution is 2.36. The van der Waals surface area contributed by atoms with E-state index in [4.69, 9.17) is 19.2 Å². The molecule has 0 unspecified atom stereocenters. The molecule has 1 N–H and O–H groups in total. The number of nitrogens with zero attached hydrogens (tertiary/aromatic N) is 2. The maximum absolute atomic E-state index is 13.4. The third-order valence-corrected chi connectivity index (χ3v) is 7.70. The molecule has 8 nitrogen and oxygen atoms in total. The smallest absolute Gasteiger partial charge is 0.263 e. The van der Waals surface area contributed by atoms with Crippen molar-refractivity contribution in [1.29, 1.82) is 0 Å². The molecule has 0 bridgehead atoms. The van der Waals surface area contributed by atoms with Gasteiger partial charge in [0.25, 0.3) is 5.56 Å². The molecule has 1 aliphatic rings. The highest BCUT2D eigenvalue weighted by molar-refractivity contribution is 7.99. The van der Waals surface area contributed by atoms with Crippen LogP contribution in [0.25, 0.3) is 10.2 Å². The Morgan fingerprint density at radius 2 is 2.09 bits per heavy atom. The number of anilines is 1. The Morgan fingerprint density at radius 1 is 1.24 bits per heavy atom. The summed E-state index contributed by atoms with van der Waals surface area (Å²) in [6, 6.07) is 5.21. The fraction of sp³-hybridized carbons (Fsp3) is 0.435. The van der Waals surface area contributed by atoms with Crippen LogP contribution in [0.1, 0.15) is 23.3 Å². The van der Waals surface area contributed by atoms with E-state index in [1.807, 2.05) is 0 Å². The van der Waals surface area contributed by atoms with Crippen LogP contribution >= 0.6 is 23.1 Å². The normalized spacial score (nSPS) is 12.7. The molecule has 176 valence electrons. The van der Waals surface area contributed by atoms with E-state index >= 15 is 0 Å². The molecule has 1 amide bonds. The Labute approximate surface area is 200 Å². The predicted octanol–water partition coefficient (Wildman–Crippen LogP) is 3.73. The quantitative estimate of drug-likeness (QED) is 0.264. The number of amides is 1. The lowest BCUT2D eigenvalue weighted by Gasteiger charge is -2.13. The van der Waals surface area contributed by atoms with Crippen LogP contribution in [0.2, 0.25) is 0 Å². The molecule has 0 spiro atoms. The van der Waals surface area contributed by atoms with Crippen molar-refractivity contribution < 1.29 is 19.0 Å². The Balaban J connectivity index is 1.57. The Hall–Kier alpha value is -2.56. The van der Waals surface area contributed by atoms with Gasteiger partial charge in [0.1, 0.15) is 16.3 Å². The van der Waals surface area contributed by atoms with Gasteiger partial charge in [-0.1, -0.05) is 11.8 Å². The van der Waals surface area contributed by atoms with E-state index in [9.17, 15) is 9.59 Å². The molecule has 2 aromatic heterocycles. The number of rotatable bonds is 10. The first-order valence-corrected chi connectivity index (χ1v) is 12.5. The lowest BCUT2D eigenvalue weighted by atomic mass is 10.2. The molecule has 1 aromatic carbocycles. The second kappa shape index (κ2) is 10.6. The summed E-state index contributed by atoms with van der Waals surface area (Å²) in [5, 5.41) is 4.17. The van der Waals surface area contributed by atoms with E-state index in [1.165, 1.54) is 16.6 Å². The van der Waals surface area contributed by atoms with Gasteiger partial charge in [-0.15, -0.1) is 11.3 Å². The number of ether oxygens (including phenoxy) is 3. The van der Waals surface area contributed by atoms with Gasteiger partial charge in [-0.3, -0.25) is 14.2 Å². The molecule has 0 saturated carbocycles. The number of hydrogen-bond donors (Lipinski definition) is 1. The molecule has 3 aromatic rings. The van der Waals surface area contributed by atoms with Crippen molar-refractivity contribution in [3.05, 3.63) is 39.0 Å². The first kappa shape index (κ1) is 23.6. The van der Waals surface area contributed by atoms with Crippen LogP contribution in [0, 0.1) is 0 Å². The second-order valence-electron chi connectivity index (χ2n) is 7.64. The van der Waals surface area contributed by atoms with E-state index < -0.39 is 0 Å². The lowest BCUT2D eigenvalue weighted by molar-refractivity contribution is -0.113. The van der Waals surface area contributed by atoms with Crippen molar-refractivity contribution in [3.8, 4) is 11.5 Å². The summed E-state index contributed by atoms with van der Waals surface area (Å²) < 4.78 is 17.4. The SMILES string of the molecule is COCCCn1c(SCC(=O)Nc2cc(OC)ccc2OC)nc2sc3c(c2c1=O)CCC3. The fourth-order valence-corrected chi connectivity index (χ4v) is 6.09. The molecule has 0 saturated heterocycles. The van der Waals surface area contributed by atoms with E-state index in [0.717, 1.165) is 35.0 Å². The van der Waals surface area contributed by atoms with Gasteiger partial charge in [0, 0.05) is 31.2 Å². The van der Waals surface area contributed by atoms with Gasteiger partial charge in [0.2, 0.25) is 5.91 Å². The van der Waals surface area contributed by atoms with Crippen molar-refractivity contribution >= 4 is 44.9 Å². The molecule has 0 aliphatic heterocycles. The van der Waals surface area contributed by atoms with Crippen LogP contribution in [0.5, 0.6) is 11.5 Å². The van der Waals surface area contributed by atoms with Gasteiger partial charge in [-0.25, -0.2) is 4.98 Å². The molecular formula is C23H27N3O5S2. The Morgan fingerprint density at radius 3 is 2.85 bits per heavy atom. The summed E-state index contributed by atoms with van der Waals surface area (Å²) >= 11 is 2.86. The summed E-state index contributed by atoms with van der Waals surface area (Å²) in [4.78, 5) is 33.0. The predicted molar refractivity (Wildman–Crippen MR) is 131 cm³/mol. The number of thioether (sulfide) groups is 1. The minimum absolute atomic E-state index is 0.0205. The number of fused-ring (bicyclic) bond motifs is 3. The van der Waals surface area contributed by atoms with Crippen LogP contribution < -0.4 is 20.3 Å². The zero-order chi connectivity index (χ0) is 23.4. The van der Waals surface area contributed by atoms with Gasteiger partial charge in [0.15, 0.2) is 5.16 Å². The number of hydrogen-bond acceptors (Lipinski definition) is 8. The standard InChI is InChI=1S/C23H27N3O5S2/c1-29-11-5-10-26-22(28)20-15-6-4-7-18(15)33-21(20)25-23(26)32-13-19(27)24-16-12-14(30-2)8-9-17(16)31-3/h8-9,12H,4-7,10-11,13H2,1-3H3,(H,24,27). The van der Waals surface area contributed by atoms with Crippen molar-refractivity contribution in [2.75, 3.05) is 39.0 Å². The van der Waals surface area contributed by atoms with Crippen LogP contribution in [0.3, 0.4) is 0 Å². The average Bonchev–Trinajstić information content (AvgIpc) is 3.40. The Bertz CT molecular complexity index is 1220. The molecular weight excluding hydrogens is 462 g/mol. The van der Waals surface area contributed by atoms with Gasteiger partial charge in [0.05, 0.1) is 31.0 Å². The molecule has 0 atom stereocenters. The summed E-state index contributed by atoms with van der Waals surface area (Å²) in [5.41, 5.74) is 1.67. The van der Waals surface area contributed by atoms with Crippen molar-refractivity contribution in [2.45, 2.75) is 37.4 Å². The number of nitrogens with one attached hydrogen (secondary N) is 1. The largest absolute Gasteiger partial charge is 0.497 e. The number of aryl methyl sites for hydroxylation is 2. The third-order valence-electron chi connectivity index (χ3n) is 5.53. The first-order chi connectivity index (χ1) is 16.0. The highest BCUT2D eigenvalue weighted by Gasteiger charge is 2.23. The summed E-state index contributed by atoms with van der Waals surface area (Å²) in [5.74, 6) is 1.04. The minimum Gasteiger partial charge on any atom is -0.497 e. The maximum atomic E-state index is 13.4. The summed E-state index contributed by atoms with van der Waals surface area (Å²) in [7, 11) is 4.75. The van der Waals surface area contributed by atoms with Gasteiger partial charge in [-0.2, -0.15) is 0 Å². The molecule has 4 rings (SSSR count). The second-order valence-corrected chi connectivity index (χ2v) is 9.66. The third kappa shape index (κ3) is 5.02. The lowest BCUT2D eigenvalue weighted by Crippen LogP contribution is -2.25. The number of carbonyl (C=O) groups excluding carboxylic acids is 1. The molecule has 2 heterocycles. The van der Waals surface area contributed by atoms with Crippen LogP contribution in [-0.4, -0.2) is 49.1 Å². The van der Waals surface area contributed by atoms with E-state index in [0.29, 0.717) is 41.9 Å². The van der Waals surface area contributed by atoms with Crippen molar-refractivity contribution in [1.82, 2.24) is 9.55 Å². The number of aromatic nitrogens is 2. The monoisotopic (exact) mass is 489 g/mol. The molecule has 0 fully saturated rings. The minimum atomic E-state index is -0.224. The average molecular weight is 490 g/mol. The molecule has 0 radical (unpaired) electrons. The number of benzene rings is 1. The van der Waals surface area contributed by atoms with Crippen molar-refractivity contribution in [2.24, 2.45) is 0 Å². The maximum Gasteiger partial charge on any atom is 0.263 e. The van der Waals surface area contributed by atoms with Gasteiger partial charge < -0.3 is 19.5 Å². The summed E-state index contributed by atoms with van der Waals surface area (Å²) in [6.07, 6.45) is 3.72. The van der Waals surface area contributed by atoms with E-state index in [1.54, 1.807) is 55.4 Å². The zero-order valence-electron chi connectivity index (χ0n) is 18.9. The van der Waals surface area contributed by atoms with Crippen LogP contribution in [0.15, 0.2) is 28.2 Å². The van der Waals surface area contributed by atoms with Gasteiger partial charge in [-0.05, 0) is 43.4 Å². The molecule has 10 heteroatoms. The summed E-state index contributed by atoms with van der Waals surface area (Å²) in [6.45, 7) is 1.04. The number of carbonyl (C=O) groups is 1.